The van der Waals surface area contributed by atoms with Crippen LogP contribution in [0.15, 0.2) is 134 Å². The van der Waals surface area contributed by atoms with Gasteiger partial charge in [0.1, 0.15) is 30.0 Å². The van der Waals surface area contributed by atoms with Crippen LogP contribution in [0.5, 0.6) is 0 Å². The van der Waals surface area contributed by atoms with E-state index in [4.69, 9.17) is 29.4 Å². The molecule has 6 heteroatoms. The first-order chi connectivity index (χ1) is 21.2. The smallest absolute Gasteiger partial charge is 0.127 e. The van der Waals surface area contributed by atoms with Crippen LogP contribution in [-0.2, 0) is 50.1 Å². The van der Waals surface area contributed by atoms with Crippen molar-refractivity contribution in [3.8, 4) is 0 Å². The molecule has 224 valence electrons. The van der Waals surface area contributed by atoms with Gasteiger partial charge in [0.05, 0.1) is 33.0 Å². The van der Waals surface area contributed by atoms with E-state index in [1.54, 1.807) is 6.08 Å². The summed E-state index contributed by atoms with van der Waals surface area (Å²) in [4.78, 5) is 0. The van der Waals surface area contributed by atoms with Crippen molar-refractivity contribution in [2.75, 3.05) is 13.2 Å². The molecule has 0 aromatic heterocycles. The molecule has 1 heterocycles. The van der Waals surface area contributed by atoms with E-state index in [2.05, 4.69) is 6.58 Å². The van der Waals surface area contributed by atoms with Gasteiger partial charge in [0.25, 0.3) is 0 Å². The highest BCUT2D eigenvalue weighted by Gasteiger charge is 2.55. The maximum atomic E-state index is 6.80. The molecular weight excluding hydrogens is 538 g/mol. The lowest BCUT2D eigenvalue weighted by Gasteiger charge is -2.51. The molecule has 0 aliphatic carbocycles. The molecule has 4 aromatic rings. The van der Waals surface area contributed by atoms with Gasteiger partial charge >= 0.3 is 0 Å². The van der Waals surface area contributed by atoms with Crippen LogP contribution in [0.25, 0.3) is 0 Å². The van der Waals surface area contributed by atoms with Gasteiger partial charge in [-0.1, -0.05) is 127 Å². The molecule has 5 rings (SSSR count). The van der Waals surface area contributed by atoms with Crippen molar-refractivity contribution in [1.82, 2.24) is 0 Å². The van der Waals surface area contributed by atoms with E-state index in [0.29, 0.717) is 26.4 Å². The zero-order valence-corrected chi connectivity index (χ0v) is 24.5. The van der Waals surface area contributed by atoms with Crippen molar-refractivity contribution in [3.05, 3.63) is 156 Å². The summed E-state index contributed by atoms with van der Waals surface area (Å²) in [5, 5.41) is 0. The van der Waals surface area contributed by atoms with Crippen molar-refractivity contribution in [2.45, 2.75) is 56.4 Å². The molecule has 43 heavy (non-hydrogen) atoms. The minimum Gasteiger partial charge on any atom is -0.374 e. The van der Waals surface area contributed by atoms with E-state index >= 15 is 0 Å². The number of hydrogen-bond acceptors (Lipinski definition) is 6. The predicted octanol–water partition coefficient (Wildman–Crippen LogP) is 6.24. The van der Waals surface area contributed by atoms with E-state index < -0.39 is 30.0 Å². The van der Waals surface area contributed by atoms with Crippen LogP contribution >= 0.6 is 0 Å². The average Bonchev–Trinajstić information content (AvgIpc) is 3.07. The van der Waals surface area contributed by atoms with Crippen LogP contribution in [0.4, 0.5) is 0 Å². The van der Waals surface area contributed by atoms with Gasteiger partial charge in [-0.05, 0) is 22.3 Å². The Morgan fingerprint density at radius 1 is 0.605 bits per heavy atom. The highest BCUT2D eigenvalue weighted by atomic mass is 16.6. The van der Waals surface area contributed by atoms with Gasteiger partial charge in [-0.15, -0.1) is 6.58 Å². The molecule has 6 nitrogen and oxygen atoms in total. The molecular formula is C37H41NO5. The van der Waals surface area contributed by atoms with Gasteiger partial charge in [0.2, 0.25) is 0 Å². The Morgan fingerprint density at radius 2 is 1.02 bits per heavy atom. The van der Waals surface area contributed by atoms with Crippen molar-refractivity contribution in [3.63, 3.8) is 0 Å². The van der Waals surface area contributed by atoms with Crippen molar-refractivity contribution >= 4 is 0 Å². The first-order valence-electron chi connectivity index (χ1n) is 14.8. The zero-order chi connectivity index (χ0) is 29.7. The predicted molar refractivity (Wildman–Crippen MR) is 168 cm³/mol. The third-order valence-electron chi connectivity index (χ3n) is 7.74. The number of hydrogen-bond donors (Lipinski definition) is 1. The Labute approximate surface area is 255 Å². The van der Waals surface area contributed by atoms with Gasteiger partial charge in [0.15, 0.2) is 0 Å². The third kappa shape index (κ3) is 8.27. The quantitative estimate of drug-likeness (QED) is 0.168. The van der Waals surface area contributed by atoms with Gasteiger partial charge in [-0.25, -0.2) is 0 Å². The van der Waals surface area contributed by atoms with Crippen LogP contribution < -0.4 is 5.73 Å². The molecule has 0 radical (unpaired) electrons. The third-order valence-corrected chi connectivity index (χ3v) is 7.74. The van der Waals surface area contributed by atoms with Crippen molar-refractivity contribution in [2.24, 2.45) is 5.73 Å². The first-order valence-corrected chi connectivity index (χ1v) is 14.8. The Balaban J connectivity index is 1.45. The number of rotatable bonds is 15. The standard InChI is InChI=1S/C37H41NO5/c1-2-37(28-38)36(42-26-32-21-13-6-14-22-32)35(41-25-31-19-11-5-12-20-31)34(40-24-30-17-9-4-10-18-30)33(43-37)27-39-23-29-15-7-3-8-16-29/h2-22,33-36H,1,23-28,38H2/t33-,34-,35+,36-,37-/m1/s1. The number of ether oxygens (including phenoxy) is 5. The minimum atomic E-state index is -1.02. The lowest BCUT2D eigenvalue weighted by Crippen LogP contribution is -2.68. The zero-order valence-electron chi connectivity index (χ0n) is 24.5. The summed E-state index contributed by atoms with van der Waals surface area (Å²) in [6.45, 7) is 6.13. The van der Waals surface area contributed by atoms with E-state index in [-0.39, 0.29) is 13.2 Å². The molecule has 0 saturated carbocycles. The lowest BCUT2D eigenvalue weighted by molar-refractivity contribution is -0.292. The van der Waals surface area contributed by atoms with E-state index in [9.17, 15) is 0 Å². The number of nitrogens with two attached hydrogens (primary N) is 1. The second-order valence-electron chi connectivity index (χ2n) is 10.8. The summed E-state index contributed by atoms with van der Waals surface area (Å²) in [6, 6.07) is 40.3. The Bertz CT molecular complexity index is 1360. The minimum absolute atomic E-state index is 0.155. The summed E-state index contributed by atoms with van der Waals surface area (Å²) in [7, 11) is 0. The maximum absolute atomic E-state index is 6.80. The molecule has 0 amide bonds. The van der Waals surface area contributed by atoms with E-state index in [1.807, 2.05) is 121 Å². The molecule has 2 N–H and O–H groups in total. The van der Waals surface area contributed by atoms with Gasteiger partial charge in [-0.3, -0.25) is 0 Å². The maximum Gasteiger partial charge on any atom is 0.127 e. The van der Waals surface area contributed by atoms with Crippen LogP contribution in [0.3, 0.4) is 0 Å². The average molecular weight is 580 g/mol. The molecule has 1 saturated heterocycles. The molecule has 5 atom stereocenters. The van der Waals surface area contributed by atoms with Crippen LogP contribution in [-0.4, -0.2) is 43.2 Å². The van der Waals surface area contributed by atoms with Crippen molar-refractivity contribution in [1.29, 1.82) is 0 Å². The Hall–Kier alpha value is -3.62. The molecule has 1 aliphatic heterocycles. The lowest BCUT2D eigenvalue weighted by atomic mass is 9.84. The van der Waals surface area contributed by atoms with Gasteiger partial charge in [0, 0.05) is 6.54 Å². The van der Waals surface area contributed by atoms with Crippen LogP contribution in [0.1, 0.15) is 22.3 Å². The molecule has 4 aromatic carbocycles. The first kappa shape index (κ1) is 30.8. The summed E-state index contributed by atoms with van der Waals surface area (Å²) in [6.07, 6.45) is -0.385. The van der Waals surface area contributed by atoms with Crippen LogP contribution in [0, 0.1) is 0 Å². The second kappa shape index (κ2) is 15.7. The van der Waals surface area contributed by atoms with Crippen LogP contribution in [0.2, 0.25) is 0 Å². The monoisotopic (exact) mass is 579 g/mol. The highest BCUT2D eigenvalue weighted by molar-refractivity contribution is 5.19. The summed E-state index contributed by atoms with van der Waals surface area (Å²) >= 11 is 0. The summed E-state index contributed by atoms with van der Waals surface area (Å²) in [5.41, 5.74) is 9.65. The molecule has 0 bridgehead atoms. The highest BCUT2D eigenvalue weighted by Crippen LogP contribution is 2.37. The second-order valence-corrected chi connectivity index (χ2v) is 10.8. The summed E-state index contributed by atoms with van der Waals surface area (Å²) in [5.74, 6) is 0. The fraction of sp³-hybridized carbons (Fsp3) is 0.297. The van der Waals surface area contributed by atoms with Gasteiger partial charge < -0.3 is 29.4 Å². The SMILES string of the molecule is C=C[C@]1(CN)O[C@H](COCc2ccccc2)[C@@H](OCc2ccccc2)[C@H](OCc2ccccc2)[C@H]1OCc1ccccc1. The Morgan fingerprint density at radius 3 is 1.47 bits per heavy atom. The number of benzene rings is 4. The largest absolute Gasteiger partial charge is 0.374 e. The topological polar surface area (TPSA) is 72.2 Å². The molecule has 1 aliphatic rings. The molecule has 0 spiro atoms. The fourth-order valence-electron chi connectivity index (χ4n) is 5.40. The fourth-order valence-corrected chi connectivity index (χ4v) is 5.40. The molecule has 0 unspecified atom stereocenters. The molecule has 1 fully saturated rings. The van der Waals surface area contributed by atoms with E-state index in [0.717, 1.165) is 22.3 Å². The normalized spacial score (nSPS) is 23.6. The van der Waals surface area contributed by atoms with Gasteiger partial charge in [-0.2, -0.15) is 0 Å². The Kier molecular flexibility index (Phi) is 11.3. The van der Waals surface area contributed by atoms with E-state index in [1.165, 1.54) is 0 Å². The van der Waals surface area contributed by atoms with Crippen molar-refractivity contribution < 1.29 is 23.7 Å². The summed E-state index contributed by atoms with van der Waals surface area (Å²) < 4.78 is 33.1.